The van der Waals surface area contributed by atoms with Gasteiger partial charge in [0.15, 0.2) is 0 Å². The van der Waals surface area contributed by atoms with Gasteiger partial charge in [0.25, 0.3) is 5.91 Å². The van der Waals surface area contributed by atoms with Gasteiger partial charge in [0.1, 0.15) is 11.3 Å². The topological polar surface area (TPSA) is 67.9 Å². The van der Waals surface area contributed by atoms with E-state index in [1.54, 1.807) is 18.2 Å². The van der Waals surface area contributed by atoms with Gasteiger partial charge < -0.3 is 19.7 Å². The monoisotopic (exact) mass is 384 g/mol. The van der Waals surface area contributed by atoms with Crippen LogP contribution in [-0.2, 0) is 11.3 Å². The van der Waals surface area contributed by atoms with Crippen molar-refractivity contribution in [3.63, 3.8) is 0 Å². The number of carbonyl (C=O) groups is 2. The Morgan fingerprint density at radius 2 is 1.79 bits per heavy atom. The van der Waals surface area contributed by atoms with Crippen LogP contribution in [0.5, 0.6) is 5.75 Å². The predicted molar refractivity (Wildman–Crippen MR) is 110 cm³/mol. The van der Waals surface area contributed by atoms with Gasteiger partial charge in [-0.05, 0) is 48.4 Å². The van der Waals surface area contributed by atoms with Crippen LogP contribution in [0.1, 0.15) is 46.0 Å². The summed E-state index contributed by atoms with van der Waals surface area (Å²) in [4.78, 5) is 26.5. The van der Waals surface area contributed by atoms with E-state index in [4.69, 9.17) is 9.47 Å². The zero-order valence-electron chi connectivity index (χ0n) is 17.0. The number of anilines is 1. The van der Waals surface area contributed by atoms with Gasteiger partial charge in [0, 0.05) is 31.4 Å². The number of hydrogen-bond acceptors (Lipinski definition) is 5. The van der Waals surface area contributed by atoms with E-state index in [1.165, 1.54) is 14.2 Å². The van der Waals surface area contributed by atoms with E-state index in [2.05, 4.69) is 17.1 Å². The quantitative estimate of drug-likeness (QED) is 0.669. The number of methoxy groups -OCH3 is 2. The number of hydrogen-bond donors (Lipinski definition) is 1. The average Bonchev–Trinajstić information content (AvgIpc) is 2.75. The summed E-state index contributed by atoms with van der Waals surface area (Å²) in [5.41, 5.74) is 2.79. The fourth-order valence-electron chi connectivity index (χ4n) is 2.81. The van der Waals surface area contributed by atoms with E-state index >= 15 is 0 Å². The Morgan fingerprint density at radius 1 is 1.07 bits per heavy atom. The average molecular weight is 384 g/mol. The number of rotatable bonds is 9. The van der Waals surface area contributed by atoms with Gasteiger partial charge >= 0.3 is 5.97 Å². The van der Waals surface area contributed by atoms with Gasteiger partial charge in [-0.25, -0.2) is 4.79 Å². The van der Waals surface area contributed by atoms with Crippen molar-refractivity contribution in [2.45, 2.75) is 26.3 Å². The van der Waals surface area contributed by atoms with Crippen LogP contribution in [-0.4, -0.2) is 39.7 Å². The molecule has 0 radical (unpaired) electrons. The van der Waals surface area contributed by atoms with Crippen molar-refractivity contribution in [3.05, 3.63) is 59.2 Å². The molecule has 0 unspecified atom stereocenters. The molecule has 0 heterocycles. The highest BCUT2D eigenvalue weighted by Crippen LogP contribution is 2.21. The standard InChI is InChI=1S/C22H28N2O4/c1-5-6-13-24(2)18-10-8-17(9-11-18)21(25)23-15-16-7-12-20(27-3)19(14-16)22(26)28-4/h7-12,14H,5-6,13,15H2,1-4H3,(H,23,25). The Balaban J connectivity index is 2.01. The summed E-state index contributed by atoms with van der Waals surface area (Å²) in [5.74, 6) is -0.212. The fraction of sp³-hybridized carbons (Fsp3) is 0.364. The number of unbranched alkanes of at least 4 members (excludes halogenated alkanes) is 1. The normalized spacial score (nSPS) is 10.3. The Kier molecular flexibility index (Phi) is 7.87. The van der Waals surface area contributed by atoms with Gasteiger partial charge in [-0.3, -0.25) is 4.79 Å². The third-order valence-corrected chi connectivity index (χ3v) is 4.54. The van der Waals surface area contributed by atoms with E-state index in [0.29, 0.717) is 23.4 Å². The summed E-state index contributed by atoms with van der Waals surface area (Å²) in [6.07, 6.45) is 2.28. The summed E-state index contributed by atoms with van der Waals surface area (Å²) in [6.45, 7) is 3.45. The third kappa shape index (κ3) is 5.49. The highest BCUT2D eigenvalue weighted by molar-refractivity contribution is 5.95. The molecule has 28 heavy (non-hydrogen) atoms. The largest absolute Gasteiger partial charge is 0.496 e. The second kappa shape index (κ2) is 10.3. The second-order valence-corrected chi connectivity index (χ2v) is 6.53. The van der Waals surface area contributed by atoms with E-state index in [-0.39, 0.29) is 5.91 Å². The molecule has 0 saturated carbocycles. The number of nitrogens with one attached hydrogen (secondary N) is 1. The minimum Gasteiger partial charge on any atom is -0.496 e. The van der Waals surface area contributed by atoms with Gasteiger partial charge in [-0.1, -0.05) is 19.4 Å². The highest BCUT2D eigenvalue weighted by Gasteiger charge is 2.14. The Labute approximate surface area is 166 Å². The smallest absolute Gasteiger partial charge is 0.341 e. The predicted octanol–water partition coefficient (Wildman–Crippen LogP) is 3.65. The molecule has 2 aromatic rings. The number of carbonyl (C=O) groups excluding carboxylic acids is 2. The molecule has 1 N–H and O–H groups in total. The molecule has 0 aliphatic heterocycles. The first-order valence-electron chi connectivity index (χ1n) is 9.34. The molecule has 0 fully saturated rings. The minimum atomic E-state index is -0.479. The van der Waals surface area contributed by atoms with Crippen LogP contribution in [0.2, 0.25) is 0 Å². The molecule has 1 amide bonds. The van der Waals surface area contributed by atoms with Crippen LogP contribution in [0.4, 0.5) is 5.69 Å². The van der Waals surface area contributed by atoms with Crippen LogP contribution >= 0.6 is 0 Å². The molecule has 0 aliphatic rings. The molecule has 0 spiro atoms. The Morgan fingerprint density at radius 3 is 2.39 bits per heavy atom. The fourth-order valence-corrected chi connectivity index (χ4v) is 2.81. The molecular formula is C22H28N2O4. The summed E-state index contributed by atoms with van der Waals surface area (Å²) in [6, 6.07) is 12.7. The van der Waals surface area contributed by atoms with E-state index in [1.807, 2.05) is 31.3 Å². The number of benzene rings is 2. The molecule has 6 heteroatoms. The Hall–Kier alpha value is -3.02. The summed E-state index contributed by atoms with van der Waals surface area (Å²) in [5, 5.41) is 2.87. The molecule has 2 rings (SSSR count). The van der Waals surface area contributed by atoms with Crippen LogP contribution in [0.3, 0.4) is 0 Å². The second-order valence-electron chi connectivity index (χ2n) is 6.53. The van der Waals surface area contributed by atoms with Crippen molar-refractivity contribution in [1.29, 1.82) is 0 Å². The lowest BCUT2D eigenvalue weighted by atomic mass is 10.1. The third-order valence-electron chi connectivity index (χ3n) is 4.54. The van der Waals surface area contributed by atoms with Crippen LogP contribution in [0.15, 0.2) is 42.5 Å². The van der Waals surface area contributed by atoms with E-state index in [0.717, 1.165) is 30.6 Å². The lowest BCUT2D eigenvalue weighted by Gasteiger charge is -2.19. The van der Waals surface area contributed by atoms with E-state index in [9.17, 15) is 9.59 Å². The molecule has 0 bridgehead atoms. The van der Waals surface area contributed by atoms with Crippen LogP contribution < -0.4 is 15.0 Å². The molecule has 6 nitrogen and oxygen atoms in total. The molecule has 0 aliphatic carbocycles. The molecule has 0 aromatic heterocycles. The first-order chi connectivity index (χ1) is 13.5. The number of nitrogens with zero attached hydrogens (tertiary/aromatic N) is 1. The van der Waals surface area contributed by atoms with Crippen LogP contribution in [0, 0.1) is 0 Å². The van der Waals surface area contributed by atoms with Crippen molar-refractivity contribution in [2.24, 2.45) is 0 Å². The van der Waals surface area contributed by atoms with Crippen LogP contribution in [0.25, 0.3) is 0 Å². The molecule has 0 saturated heterocycles. The maximum atomic E-state index is 12.4. The van der Waals surface area contributed by atoms with Gasteiger partial charge in [-0.15, -0.1) is 0 Å². The maximum Gasteiger partial charge on any atom is 0.341 e. The van der Waals surface area contributed by atoms with E-state index < -0.39 is 5.97 Å². The van der Waals surface area contributed by atoms with Gasteiger partial charge in [-0.2, -0.15) is 0 Å². The summed E-state index contributed by atoms with van der Waals surface area (Å²) in [7, 11) is 4.86. The first-order valence-corrected chi connectivity index (χ1v) is 9.34. The van der Waals surface area contributed by atoms with Gasteiger partial charge in [0.05, 0.1) is 14.2 Å². The SMILES string of the molecule is CCCCN(C)c1ccc(C(=O)NCc2ccc(OC)c(C(=O)OC)c2)cc1. The lowest BCUT2D eigenvalue weighted by molar-refractivity contribution is 0.0597. The molecule has 0 atom stereocenters. The lowest BCUT2D eigenvalue weighted by Crippen LogP contribution is -2.23. The summed E-state index contributed by atoms with van der Waals surface area (Å²) >= 11 is 0. The van der Waals surface area contributed by atoms with Crippen molar-refractivity contribution in [1.82, 2.24) is 5.32 Å². The Bertz CT molecular complexity index is 803. The maximum absolute atomic E-state index is 12.4. The molecule has 2 aromatic carbocycles. The number of esters is 1. The highest BCUT2D eigenvalue weighted by atomic mass is 16.5. The number of ether oxygens (including phenoxy) is 2. The van der Waals surface area contributed by atoms with Crippen molar-refractivity contribution in [3.8, 4) is 5.75 Å². The molecule has 150 valence electrons. The van der Waals surface area contributed by atoms with Crippen molar-refractivity contribution in [2.75, 3.05) is 32.7 Å². The van der Waals surface area contributed by atoms with Crippen molar-refractivity contribution < 1.29 is 19.1 Å². The number of amides is 1. The van der Waals surface area contributed by atoms with Gasteiger partial charge in [0.2, 0.25) is 0 Å². The zero-order valence-corrected chi connectivity index (χ0v) is 17.0. The summed E-state index contributed by atoms with van der Waals surface area (Å²) < 4.78 is 9.95. The minimum absolute atomic E-state index is 0.168. The van der Waals surface area contributed by atoms with Crippen molar-refractivity contribution >= 4 is 17.6 Å². The molecular weight excluding hydrogens is 356 g/mol. The zero-order chi connectivity index (χ0) is 20.5. The first kappa shape index (κ1) is 21.3.